The van der Waals surface area contributed by atoms with Crippen molar-refractivity contribution in [3.8, 4) is 0 Å². The van der Waals surface area contributed by atoms with Crippen LogP contribution in [-0.2, 0) is 0 Å². The lowest BCUT2D eigenvalue weighted by Gasteiger charge is -2.23. The van der Waals surface area contributed by atoms with E-state index in [4.69, 9.17) is 0 Å². The van der Waals surface area contributed by atoms with Gasteiger partial charge in [0.25, 0.3) is 0 Å². The first-order valence-corrected chi connectivity index (χ1v) is 9.16. The van der Waals surface area contributed by atoms with E-state index in [9.17, 15) is 0 Å². The molecule has 0 aromatic rings. The van der Waals surface area contributed by atoms with Gasteiger partial charge in [-0.05, 0) is 38.9 Å². The van der Waals surface area contributed by atoms with Gasteiger partial charge in [0.2, 0.25) is 0 Å². The van der Waals surface area contributed by atoms with Gasteiger partial charge in [-0.25, -0.2) is 0 Å². The summed E-state index contributed by atoms with van der Waals surface area (Å²) >= 11 is 0. The summed E-state index contributed by atoms with van der Waals surface area (Å²) in [5.74, 6) is 0.864. The van der Waals surface area contributed by atoms with Gasteiger partial charge >= 0.3 is 0 Å². The molecule has 2 unspecified atom stereocenters. The van der Waals surface area contributed by atoms with Crippen molar-refractivity contribution in [3.63, 3.8) is 0 Å². The van der Waals surface area contributed by atoms with Crippen molar-refractivity contribution >= 4 is 0 Å². The van der Waals surface area contributed by atoms with Gasteiger partial charge in [0.05, 0.1) is 0 Å². The van der Waals surface area contributed by atoms with Crippen LogP contribution in [0, 0.1) is 5.92 Å². The lowest BCUT2D eigenvalue weighted by atomic mass is 10.0. The molecule has 126 valence electrons. The first kappa shape index (κ1) is 24.9. The SMILES string of the molecule is CC.CC.CC.CCCCCN(C)CC1NCCC1C. The summed E-state index contributed by atoms with van der Waals surface area (Å²) in [6, 6.07) is 0.738. The molecule has 1 fully saturated rings. The van der Waals surface area contributed by atoms with Crippen LogP contribution < -0.4 is 5.32 Å². The second-order valence-corrected chi connectivity index (χ2v) is 4.80. The van der Waals surface area contributed by atoms with E-state index in [2.05, 4.69) is 31.1 Å². The van der Waals surface area contributed by atoms with E-state index in [0.29, 0.717) is 0 Å². The molecule has 2 heteroatoms. The number of nitrogens with zero attached hydrogens (tertiary/aromatic N) is 1. The van der Waals surface area contributed by atoms with Crippen LogP contribution in [0.2, 0.25) is 0 Å². The molecule has 2 nitrogen and oxygen atoms in total. The molecule has 1 N–H and O–H groups in total. The van der Waals surface area contributed by atoms with E-state index in [1.807, 2.05) is 41.5 Å². The van der Waals surface area contributed by atoms with Crippen LogP contribution in [-0.4, -0.2) is 37.6 Å². The smallest absolute Gasteiger partial charge is 0.0220 e. The number of nitrogens with one attached hydrogen (secondary N) is 1. The Balaban J connectivity index is -0.000000425. The van der Waals surface area contributed by atoms with Crippen molar-refractivity contribution in [3.05, 3.63) is 0 Å². The zero-order valence-electron chi connectivity index (χ0n) is 16.1. The van der Waals surface area contributed by atoms with Gasteiger partial charge in [-0.1, -0.05) is 68.2 Å². The van der Waals surface area contributed by atoms with Gasteiger partial charge in [-0.15, -0.1) is 0 Å². The highest BCUT2D eigenvalue weighted by atomic mass is 15.1. The first-order chi connectivity index (χ1) is 9.74. The zero-order valence-corrected chi connectivity index (χ0v) is 16.1. The average molecular weight is 289 g/mol. The van der Waals surface area contributed by atoms with Crippen LogP contribution in [0.25, 0.3) is 0 Å². The van der Waals surface area contributed by atoms with E-state index < -0.39 is 0 Å². The fraction of sp³-hybridized carbons (Fsp3) is 1.00. The monoisotopic (exact) mass is 288 g/mol. The van der Waals surface area contributed by atoms with E-state index in [1.165, 1.54) is 45.3 Å². The minimum absolute atomic E-state index is 0.738. The van der Waals surface area contributed by atoms with Gasteiger partial charge in [-0.3, -0.25) is 0 Å². The quantitative estimate of drug-likeness (QED) is 0.677. The number of rotatable bonds is 6. The van der Waals surface area contributed by atoms with Crippen molar-refractivity contribution in [2.45, 2.75) is 87.1 Å². The van der Waals surface area contributed by atoms with Crippen LogP contribution in [0.4, 0.5) is 0 Å². The number of unbranched alkanes of at least 4 members (excludes halogenated alkanes) is 2. The molecular weight excluding hydrogens is 244 g/mol. The maximum Gasteiger partial charge on any atom is 0.0220 e. The Morgan fingerprint density at radius 1 is 1.00 bits per heavy atom. The van der Waals surface area contributed by atoms with E-state index in [-0.39, 0.29) is 0 Å². The molecule has 0 spiro atoms. The highest BCUT2D eigenvalue weighted by molar-refractivity contribution is 4.82. The van der Waals surface area contributed by atoms with Crippen LogP contribution in [0.1, 0.15) is 81.1 Å². The van der Waals surface area contributed by atoms with Crippen LogP contribution >= 0.6 is 0 Å². The number of hydrogen-bond acceptors (Lipinski definition) is 2. The lowest BCUT2D eigenvalue weighted by molar-refractivity contribution is 0.273. The molecule has 0 radical (unpaired) electrons. The second kappa shape index (κ2) is 21.2. The molecule has 20 heavy (non-hydrogen) atoms. The predicted octanol–water partition coefficient (Wildman–Crippen LogP) is 5.19. The maximum atomic E-state index is 3.59. The van der Waals surface area contributed by atoms with Gasteiger partial charge < -0.3 is 10.2 Å². The van der Waals surface area contributed by atoms with Crippen molar-refractivity contribution in [2.24, 2.45) is 5.92 Å². The highest BCUT2D eigenvalue weighted by Gasteiger charge is 2.23. The van der Waals surface area contributed by atoms with E-state index in [0.717, 1.165) is 12.0 Å². The highest BCUT2D eigenvalue weighted by Crippen LogP contribution is 2.15. The van der Waals surface area contributed by atoms with Gasteiger partial charge in [0.15, 0.2) is 0 Å². The molecule has 0 aliphatic carbocycles. The Hall–Kier alpha value is -0.0800. The predicted molar refractivity (Wildman–Crippen MR) is 96.6 cm³/mol. The third-order valence-corrected chi connectivity index (χ3v) is 3.34. The van der Waals surface area contributed by atoms with Crippen LogP contribution in [0.3, 0.4) is 0 Å². The summed E-state index contributed by atoms with van der Waals surface area (Å²) in [4.78, 5) is 2.48. The third-order valence-electron chi connectivity index (χ3n) is 3.34. The molecule has 0 amide bonds. The summed E-state index contributed by atoms with van der Waals surface area (Å²) in [7, 11) is 2.25. The topological polar surface area (TPSA) is 15.3 Å². The van der Waals surface area contributed by atoms with E-state index in [1.54, 1.807) is 0 Å². The minimum Gasteiger partial charge on any atom is -0.312 e. The molecule has 2 atom stereocenters. The molecule has 0 aromatic heterocycles. The molecule has 1 saturated heterocycles. The van der Waals surface area contributed by atoms with Crippen LogP contribution in [0.5, 0.6) is 0 Å². The fourth-order valence-electron chi connectivity index (χ4n) is 2.20. The second-order valence-electron chi connectivity index (χ2n) is 4.80. The maximum absolute atomic E-state index is 3.59. The van der Waals surface area contributed by atoms with Gasteiger partial charge in [-0.2, -0.15) is 0 Å². The summed E-state index contributed by atoms with van der Waals surface area (Å²) in [6.45, 7) is 20.3. The first-order valence-electron chi connectivity index (χ1n) is 9.16. The zero-order chi connectivity index (χ0) is 16.4. The van der Waals surface area contributed by atoms with Crippen molar-refractivity contribution in [1.29, 1.82) is 0 Å². The summed E-state index contributed by atoms with van der Waals surface area (Å²) in [6.07, 6.45) is 5.41. The van der Waals surface area contributed by atoms with Crippen molar-refractivity contribution in [1.82, 2.24) is 10.2 Å². The third kappa shape index (κ3) is 14.3. The molecule has 1 aliphatic rings. The fourth-order valence-corrected chi connectivity index (χ4v) is 2.20. The van der Waals surface area contributed by atoms with Crippen LogP contribution in [0.15, 0.2) is 0 Å². The molecule has 1 heterocycles. The van der Waals surface area contributed by atoms with Gasteiger partial charge in [0, 0.05) is 12.6 Å². The number of hydrogen-bond donors (Lipinski definition) is 1. The average Bonchev–Trinajstić information content (AvgIpc) is 2.91. The molecule has 1 rings (SSSR count). The standard InChI is InChI=1S/C12H26N2.3C2H6/c1-4-5-6-9-14(3)10-12-11(2)7-8-13-12;3*1-2/h11-13H,4-10H2,1-3H3;3*1-2H3. The largest absolute Gasteiger partial charge is 0.312 e. The molecule has 1 aliphatic heterocycles. The molecule has 0 bridgehead atoms. The normalized spacial score (nSPS) is 20.1. The summed E-state index contributed by atoms with van der Waals surface area (Å²) in [5.41, 5.74) is 0. The number of likely N-dealkylation sites (N-methyl/N-ethyl adjacent to an activating group) is 1. The van der Waals surface area contributed by atoms with Crippen molar-refractivity contribution < 1.29 is 0 Å². The Bertz CT molecular complexity index is 148. The molecular formula is C18H44N2. The Labute approximate surface area is 130 Å². The lowest BCUT2D eigenvalue weighted by Crippen LogP contribution is -2.38. The molecule has 0 saturated carbocycles. The van der Waals surface area contributed by atoms with Gasteiger partial charge in [0.1, 0.15) is 0 Å². The van der Waals surface area contributed by atoms with E-state index >= 15 is 0 Å². The Morgan fingerprint density at radius 2 is 1.55 bits per heavy atom. The Morgan fingerprint density at radius 3 is 1.95 bits per heavy atom. The van der Waals surface area contributed by atoms with Crippen molar-refractivity contribution in [2.75, 3.05) is 26.7 Å². The Kier molecular flexibility index (Phi) is 26.4. The summed E-state index contributed by atoms with van der Waals surface area (Å²) < 4.78 is 0. The summed E-state index contributed by atoms with van der Waals surface area (Å²) in [5, 5.41) is 3.59. The minimum atomic E-state index is 0.738. The molecule has 0 aromatic carbocycles.